The zero-order valence-corrected chi connectivity index (χ0v) is 10.2. The van der Waals surface area contributed by atoms with E-state index in [1.165, 1.54) is 0 Å². The molecule has 2 nitrogen and oxygen atoms in total. The predicted molar refractivity (Wildman–Crippen MR) is 62.2 cm³/mol. The molecular weight excluding hydrogens is 174 g/mol. The molecule has 0 radical (unpaired) electrons. The summed E-state index contributed by atoms with van der Waals surface area (Å²) in [7, 11) is 0. The number of hydrogen-bond acceptors (Lipinski definition) is 2. The zero-order valence-electron chi connectivity index (χ0n) is 10.2. The molecule has 0 aromatic rings. The quantitative estimate of drug-likeness (QED) is 0.665. The third kappa shape index (κ3) is 4.43. The van der Waals surface area contributed by atoms with Crippen LogP contribution >= 0.6 is 0 Å². The summed E-state index contributed by atoms with van der Waals surface area (Å²) in [6.45, 7) is 8.50. The first kappa shape index (κ1) is 13.9. The Hall–Kier alpha value is -0.0800. The molecule has 0 heterocycles. The summed E-state index contributed by atoms with van der Waals surface area (Å²) in [5.41, 5.74) is 5.44. The Balaban J connectivity index is 4.29. The summed E-state index contributed by atoms with van der Waals surface area (Å²) in [4.78, 5) is 0. The van der Waals surface area contributed by atoms with Gasteiger partial charge in [-0.3, -0.25) is 0 Å². The minimum Gasteiger partial charge on any atom is -0.388 e. The Bertz CT molecular complexity index is 139. The predicted octanol–water partition coefficient (Wildman–Crippen LogP) is 2.69. The van der Waals surface area contributed by atoms with Gasteiger partial charge in [0.2, 0.25) is 0 Å². The van der Waals surface area contributed by atoms with E-state index in [1.54, 1.807) is 0 Å². The largest absolute Gasteiger partial charge is 0.388 e. The van der Waals surface area contributed by atoms with Crippen molar-refractivity contribution in [2.24, 2.45) is 11.7 Å². The third-order valence-electron chi connectivity index (χ3n) is 2.78. The van der Waals surface area contributed by atoms with Crippen LogP contribution in [0.3, 0.4) is 0 Å². The lowest BCUT2D eigenvalue weighted by Gasteiger charge is -2.34. The van der Waals surface area contributed by atoms with Gasteiger partial charge in [0.05, 0.1) is 5.60 Å². The van der Waals surface area contributed by atoms with Gasteiger partial charge in [-0.05, 0) is 25.2 Å². The van der Waals surface area contributed by atoms with Crippen molar-refractivity contribution in [3.63, 3.8) is 0 Å². The van der Waals surface area contributed by atoms with Gasteiger partial charge in [-0.15, -0.1) is 0 Å². The summed E-state index contributed by atoms with van der Waals surface area (Å²) < 4.78 is 0. The van der Waals surface area contributed by atoms with E-state index >= 15 is 0 Å². The molecule has 0 rings (SSSR count). The molecule has 1 unspecified atom stereocenters. The highest BCUT2D eigenvalue weighted by molar-refractivity contribution is 4.89. The van der Waals surface area contributed by atoms with E-state index in [4.69, 9.17) is 5.73 Å². The van der Waals surface area contributed by atoms with Crippen molar-refractivity contribution < 1.29 is 5.11 Å². The number of nitrogens with two attached hydrogens (primary N) is 1. The molecule has 0 aromatic heterocycles. The van der Waals surface area contributed by atoms with Crippen LogP contribution in [0.15, 0.2) is 0 Å². The molecular formula is C12H27NO. The summed E-state index contributed by atoms with van der Waals surface area (Å²) >= 11 is 0. The van der Waals surface area contributed by atoms with Crippen molar-refractivity contribution in [1.29, 1.82) is 0 Å². The Morgan fingerprint density at radius 3 is 1.86 bits per heavy atom. The van der Waals surface area contributed by atoms with Crippen LogP contribution in [0, 0.1) is 5.92 Å². The van der Waals surface area contributed by atoms with E-state index in [0.29, 0.717) is 5.92 Å². The summed E-state index contributed by atoms with van der Waals surface area (Å²) in [5.74, 6) is 0.560. The van der Waals surface area contributed by atoms with E-state index in [9.17, 15) is 5.11 Å². The molecule has 0 aromatic carbocycles. The van der Waals surface area contributed by atoms with E-state index in [2.05, 4.69) is 27.7 Å². The number of hydrogen-bond donors (Lipinski definition) is 2. The molecule has 3 N–H and O–H groups in total. The molecule has 14 heavy (non-hydrogen) atoms. The minimum atomic E-state index is -0.631. The average Bonchev–Trinajstić information content (AvgIpc) is 2.03. The van der Waals surface area contributed by atoms with Gasteiger partial charge in [-0.25, -0.2) is 0 Å². The second-order valence-corrected chi connectivity index (χ2v) is 4.84. The molecule has 0 saturated carbocycles. The van der Waals surface area contributed by atoms with Gasteiger partial charge in [0, 0.05) is 6.04 Å². The standard InChI is InChI=1S/C12H27NO/c1-5-7-12(14,8-6-2)11(13)9-10(3)4/h10-11,14H,5-9,13H2,1-4H3. The van der Waals surface area contributed by atoms with Crippen molar-refractivity contribution in [1.82, 2.24) is 0 Å². The smallest absolute Gasteiger partial charge is 0.0797 e. The van der Waals surface area contributed by atoms with Crippen LogP contribution in [0.4, 0.5) is 0 Å². The van der Waals surface area contributed by atoms with Crippen LogP contribution in [-0.4, -0.2) is 16.7 Å². The van der Waals surface area contributed by atoms with Crippen molar-refractivity contribution in [3.8, 4) is 0 Å². The second kappa shape index (κ2) is 6.41. The van der Waals surface area contributed by atoms with E-state index in [0.717, 1.165) is 32.1 Å². The molecule has 2 heteroatoms. The lowest BCUT2D eigenvalue weighted by molar-refractivity contribution is -0.00929. The van der Waals surface area contributed by atoms with Crippen molar-refractivity contribution in [2.75, 3.05) is 0 Å². The van der Waals surface area contributed by atoms with Gasteiger partial charge < -0.3 is 10.8 Å². The molecule has 0 aliphatic rings. The normalized spacial score (nSPS) is 14.8. The molecule has 0 saturated heterocycles. The highest BCUT2D eigenvalue weighted by Crippen LogP contribution is 2.26. The van der Waals surface area contributed by atoms with Crippen LogP contribution in [0.1, 0.15) is 59.8 Å². The fourth-order valence-corrected chi connectivity index (χ4v) is 2.09. The zero-order chi connectivity index (χ0) is 11.2. The Morgan fingerprint density at radius 2 is 1.57 bits per heavy atom. The van der Waals surface area contributed by atoms with Gasteiger partial charge in [0.15, 0.2) is 0 Å². The highest BCUT2D eigenvalue weighted by atomic mass is 16.3. The van der Waals surface area contributed by atoms with Crippen LogP contribution in [0.2, 0.25) is 0 Å². The molecule has 0 aliphatic carbocycles. The summed E-state index contributed by atoms with van der Waals surface area (Å²) in [5, 5.41) is 10.4. The van der Waals surface area contributed by atoms with Crippen molar-refractivity contribution >= 4 is 0 Å². The maximum atomic E-state index is 10.4. The van der Waals surface area contributed by atoms with Crippen LogP contribution in [0.5, 0.6) is 0 Å². The topological polar surface area (TPSA) is 46.2 Å². The summed E-state index contributed by atoms with van der Waals surface area (Å²) in [6.07, 6.45) is 4.57. The van der Waals surface area contributed by atoms with Gasteiger partial charge in [-0.1, -0.05) is 40.5 Å². The number of rotatable bonds is 7. The maximum absolute atomic E-state index is 10.4. The monoisotopic (exact) mass is 201 g/mol. The second-order valence-electron chi connectivity index (χ2n) is 4.84. The molecule has 0 fully saturated rings. The lowest BCUT2D eigenvalue weighted by Crippen LogP contribution is -2.48. The lowest BCUT2D eigenvalue weighted by atomic mass is 9.82. The van der Waals surface area contributed by atoms with Gasteiger partial charge in [0.25, 0.3) is 0 Å². The third-order valence-corrected chi connectivity index (χ3v) is 2.78. The molecule has 0 bridgehead atoms. The van der Waals surface area contributed by atoms with Gasteiger partial charge in [-0.2, -0.15) is 0 Å². The molecule has 0 spiro atoms. The van der Waals surface area contributed by atoms with E-state index in [-0.39, 0.29) is 6.04 Å². The maximum Gasteiger partial charge on any atom is 0.0797 e. The fourth-order valence-electron chi connectivity index (χ4n) is 2.09. The first-order valence-corrected chi connectivity index (χ1v) is 5.94. The molecule has 0 amide bonds. The van der Waals surface area contributed by atoms with Crippen LogP contribution in [-0.2, 0) is 0 Å². The number of aliphatic hydroxyl groups is 1. The van der Waals surface area contributed by atoms with Crippen LogP contribution < -0.4 is 5.73 Å². The van der Waals surface area contributed by atoms with Crippen molar-refractivity contribution in [2.45, 2.75) is 71.4 Å². The Morgan fingerprint density at radius 1 is 1.14 bits per heavy atom. The van der Waals surface area contributed by atoms with Gasteiger partial charge in [0.1, 0.15) is 0 Å². The molecule has 0 aliphatic heterocycles. The first-order chi connectivity index (χ1) is 6.46. The first-order valence-electron chi connectivity index (χ1n) is 5.94. The summed E-state index contributed by atoms with van der Waals surface area (Å²) in [6, 6.07) is -0.0672. The Labute approximate surface area is 88.9 Å². The van der Waals surface area contributed by atoms with E-state index < -0.39 is 5.60 Å². The average molecular weight is 201 g/mol. The minimum absolute atomic E-state index is 0.0672. The van der Waals surface area contributed by atoms with Gasteiger partial charge >= 0.3 is 0 Å². The molecule has 86 valence electrons. The fraction of sp³-hybridized carbons (Fsp3) is 1.00. The van der Waals surface area contributed by atoms with E-state index in [1.807, 2.05) is 0 Å². The molecule has 1 atom stereocenters. The van der Waals surface area contributed by atoms with Crippen LogP contribution in [0.25, 0.3) is 0 Å². The Kier molecular flexibility index (Phi) is 6.38. The highest BCUT2D eigenvalue weighted by Gasteiger charge is 2.32. The van der Waals surface area contributed by atoms with Crippen molar-refractivity contribution in [3.05, 3.63) is 0 Å². The SMILES string of the molecule is CCCC(O)(CCC)C(N)CC(C)C.